The van der Waals surface area contributed by atoms with Crippen molar-refractivity contribution >= 4 is 5.97 Å². The quantitative estimate of drug-likeness (QED) is 0.400. The number of hydrogen-bond donors (Lipinski definition) is 0. The molecule has 0 aromatic heterocycles. The van der Waals surface area contributed by atoms with Gasteiger partial charge in [-0.05, 0) is 55.0 Å². The van der Waals surface area contributed by atoms with Gasteiger partial charge in [-0.15, -0.1) is 0 Å². The first-order chi connectivity index (χ1) is 11.7. The van der Waals surface area contributed by atoms with Gasteiger partial charge in [-0.3, -0.25) is 0 Å². The lowest BCUT2D eigenvalue weighted by Crippen LogP contribution is -2.08. The summed E-state index contributed by atoms with van der Waals surface area (Å²) in [4.78, 5) is 12.1. The smallest absolute Gasteiger partial charge is 0.343 e. The summed E-state index contributed by atoms with van der Waals surface area (Å²) in [6.07, 6.45) is 4.64. The Labute approximate surface area is 142 Å². The highest BCUT2D eigenvalue weighted by Gasteiger charge is 2.08. The van der Waals surface area contributed by atoms with E-state index in [2.05, 4.69) is 6.92 Å². The summed E-state index contributed by atoms with van der Waals surface area (Å²) in [5, 5.41) is 8.75. The minimum Gasteiger partial charge on any atom is -0.494 e. The molecule has 2 rings (SSSR count). The van der Waals surface area contributed by atoms with Crippen LogP contribution in [0.5, 0.6) is 11.5 Å². The van der Waals surface area contributed by atoms with E-state index < -0.39 is 5.97 Å². The topological polar surface area (TPSA) is 59.3 Å². The molecule has 0 bridgehead atoms. The van der Waals surface area contributed by atoms with Gasteiger partial charge in [0.15, 0.2) is 0 Å². The van der Waals surface area contributed by atoms with Crippen molar-refractivity contribution in [3.63, 3.8) is 0 Å². The van der Waals surface area contributed by atoms with Crippen molar-refractivity contribution in [1.29, 1.82) is 5.26 Å². The molecule has 2 aromatic rings. The normalized spacial score (nSPS) is 10.0. The Morgan fingerprint density at radius 3 is 2.25 bits per heavy atom. The van der Waals surface area contributed by atoms with Crippen molar-refractivity contribution in [1.82, 2.24) is 0 Å². The highest BCUT2D eigenvalue weighted by molar-refractivity contribution is 5.91. The zero-order valence-electron chi connectivity index (χ0n) is 13.8. The Balaban J connectivity index is 1.85. The number of rotatable bonds is 8. The van der Waals surface area contributed by atoms with E-state index >= 15 is 0 Å². The highest BCUT2D eigenvalue weighted by Crippen LogP contribution is 2.17. The van der Waals surface area contributed by atoms with Gasteiger partial charge in [-0.1, -0.05) is 26.2 Å². The van der Waals surface area contributed by atoms with E-state index in [0.717, 1.165) is 12.2 Å². The number of carbonyl (C=O) groups is 1. The number of nitrogens with zero attached hydrogens (tertiary/aromatic N) is 1. The van der Waals surface area contributed by atoms with Crippen LogP contribution in [0.1, 0.15) is 48.5 Å². The second-order valence-corrected chi connectivity index (χ2v) is 5.46. The molecule has 0 saturated heterocycles. The van der Waals surface area contributed by atoms with Crippen LogP contribution in [-0.2, 0) is 0 Å². The summed E-state index contributed by atoms with van der Waals surface area (Å²) >= 11 is 0. The molecule has 2 aromatic carbocycles. The van der Waals surface area contributed by atoms with Crippen molar-refractivity contribution in [3.05, 3.63) is 59.7 Å². The Kier molecular flexibility index (Phi) is 6.85. The van der Waals surface area contributed by atoms with Crippen molar-refractivity contribution in [2.24, 2.45) is 0 Å². The molecule has 0 heterocycles. The molecule has 0 unspecified atom stereocenters. The average Bonchev–Trinajstić information content (AvgIpc) is 2.62. The number of benzene rings is 2. The fourth-order valence-electron chi connectivity index (χ4n) is 2.17. The van der Waals surface area contributed by atoms with Gasteiger partial charge in [0.05, 0.1) is 23.8 Å². The molecule has 4 nitrogen and oxygen atoms in total. The summed E-state index contributed by atoms with van der Waals surface area (Å²) in [7, 11) is 0. The van der Waals surface area contributed by atoms with E-state index in [0.29, 0.717) is 23.5 Å². The second-order valence-electron chi connectivity index (χ2n) is 5.46. The van der Waals surface area contributed by atoms with Crippen molar-refractivity contribution < 1.29 is 14.3 Å². The Morgan fingerprint density at radius 1 is 0.958 bits per heavy atom. The molecule has 0 radical (unpaired) electrons. The van der Waals surface area contributed by atoms with Crippen LogP contribution < -0.4 is 9.47 Å². The predicted molar refractivity (Wildman–Crippen MR) is 92.2 cm³/mol. The van der Waals surface area contributed by atoms with Crippen LogP contribution in [0.15, 0.2) is 48.5 Å². The first-order valence-corrected chi connectivity index (χ1v) is 8.18. The van der Waals surface area contributed by atoms with Crippen LogP contribution >= 0.6 is 0 Å². The molecule has 0 aliphatic rings. The van der Waals surface area contributed by atoms with Gasteiger partial charge >= 0.3 is 5.97 Å². The monoisotopic (exact) mass is 323 g/mol. The van der Waals surface area contributed by atoms with Crippen molar-refractivity contribution in [2.45, 2.75) is 32.6 Å². The lowest BCUT2D eigenvalue weighted by Gasteiger charge is -2.07. The summed E-state index contributed by atoms with van der Waals surface area (Å²) in [5.74, 6) is 0.728. The molecule has 0 spiro atoms. The molecular weight excluding hydrogens is 302 g/mol. The Hall–Kier alpha value is -2.80. The van der Waals surface area contributed by atoms with Gasteiger partial charge in [0.25, 0.3) is 0 Å². The number of hydrogen-bond acceptors (Lipinski definition) is 4. The first-order valence-electron chi connectivity index (χ1n) is 8.18. The summed E-state index contributed by atoms with van der Waals surface area (Å²) < 4.78 is 10.9. The molecule has 0 N–H and O–H groups in total. The maximum absolute atomic E-state index is 12.1. The standard InChI is InChI=1S/C20H21NO3/c1-2-3-4-5-14-23-18-12-8-17(9-13-18)20(22)24-19-10-6-16(15-21)7-11-19/h6-13H,2-5,14H2,1H3. The Morgan fingerprint density at radius 2 is 1.62 bits per heavy atom. The van der Waals surface area contributed by atoms with E-state index in [1.807, 2.05) is 6.07 Å². The van der Waals surface area contributed by atoms with Gasteiger partial charge in [0.2, 0.25) is 0 Å². The van der Waals surface area contributed by atoms with Gasteiger partial charge in [-0.25, -0.2) is 4.79 Å². The fourth-order valence-corrected chi connectivity index (χ4v) is 2.17. The molecule has 24 heavy (non-hydrogen) atoms. The van der Waals surface area contributed by atoms with Gasteiger partial charge in [0.1, 0.15) is 11.5 Å². The lowest BCUT2D eigenvalue weighted by molar-refractivity contribution is 0.0734. The fraction of sp³-hybridized carbons (Fsp3) is 0.300. The zero-order chi connectivity index (χ0) is 17.2. The molecule has 124 valence electrons. The van der Waals surface area contributed by atoms with Gasteiger partial charge < -0.3 is 9.47 Å². The molecular formula is C20H21NO3. The largest absolute Gasteiger partial charge is 0.494 e. The predicted octanol–water partition coefficient (Wildman–Crippen LogP) is 4.74. The molecule has 0 aliphatic carbocycles. The van der Waals surface area contributed by atoms with Crippen LogP contribution in [0.2, 0.25) is 0 Å². The summed E-state index contributed by atoms with van der Waals surface area (Å²) in [5.41, 5.74) is 0.980. The van der Waals surface area contributed by atoms with Crippen LogP contribution in [0.25, 0.3) is 0 Å². The molecule has 0 aliphatic heterocycles. The lowest BCUT2D eigenvalue weighted by atomic mass is 10.2. The van der Waals surface area contributed by atoms with Gasteiger partial charge in [0, 0.05) is 0 Å². The maximum atomic E-state index is 12.1. The zero-order valence-corrected chi connectivity index (χ0v) is 13.8. The third-order valence-corrected chi connectivity index (χ3v) is 3.55. The summed E-state index contributed by atoms with van der Waals surface area (Å²) in [6.45, 7) is 2.87. The third kappa shape index (κ3) is 5.44. The van der Waals surface area contributed by atoms with Crippen molar-refractivity contribution in [2.75, 3.05) is 6.61 Å². The summed E-state index contributed by atoms with van der Waals surface area (Å²) in [6, 6.07) is 15.4. The maximum Gasteiger partial charge on any atom is 0.343 e. The van der Waals surface area contributed by atoms with Crippen LogP contribution in [-0.4, -0.2) is 12.6 Å². The number of unbranched alkanes of at least 4 members (excludes halogenated alkanes) is 3. The second kappa shape index (κ2) is 9.36. The molecule has 4 heteroatoms. The van der Waals surface area contributed by atoms with E-state index in [9.17, 15) is 4.79 Å². The van der Waals surface area contributed by atoms with Crippen LogP contribution in [0, 0.1) is 11.3 Å². The SMILES string of the molecule is CCCCCCOc1ccc(C(=O)Oc2ccc(C#N)cc2)cc1. The van der Waals surface area contributed by atoms with E-state index in [4.69, 9.17) is 14.7 Å². The number of carbonyl (C=O) groups excluding carboxylic acids is 1. The van der Waals surface area contributed by atoms with E-state index in [-0.39, 0.29) is 0 Å². The average molecular weight is 323 g/mol. The number of ether oxygens (including phenoxy) is 2. The van der Waals surface area contributed by atoms with Gasteiger partial charge in [-0.2, -0.15) is 5.26 Å². The first kappa shape index (κ1) is 17.6. The van der Waals surface area contributed by atoms with E-state index in [1.54, 1.807) is 48.5 Å². The molecule has 0 atom stereocenters. The molecule has 0 fully saturated rings. The van der Waals surface area contributed by atoms with Crippen LogP contribution in [0.4, 0.5) is 0 Å². The highest BCUT2D eigenvalue weighted by atomic mass is 16.5. The minimum absolute atomic E-state index is 0.412. The Bertz CT molecular complexity index is 684. The third-order valence-electron chi connectivity index (χ3n) is 3.55. The number of esters is 1. The minimum atomic E-state index is -0.436. The van der Waals surface area contributed by atoms with Crippen LogP contribution in [0.3, 0.4) is 0 Å². The molecule has 0 saturated carbocycles. The number of nitriles is 1. The van der Waals surface area contributed by atoms with E-state index in [1.165, 1.54) is 19.3 Å². The molecule has 0 amide bonds. The van der Waals surface area contributed by atoms with Crippen molar-refractivity contribution in [3.8, 4) is 17.6 Å².